The number of carbonyl (C=O) groups is 1. The van der Waals surface area contributed by atoms with Crippen molar-refractivity contribution in [1.82, 2.24) is 25.0 Å². The van der Waals surface area contributed by atoms with Gasteiger partial charge in [-0.05, 0) is 56.6 Å². The van der Waals surface area contributed by atoms with E-state index >= 15 is 0 Å². The fourth-order valence-corrected chi connectivity index (χ4v) is 4.94. The Kier molecular flexibility index (Phi) is 5.90. The Morgan fingerprint density at radius 2 is 1.97 bits per heavy atom. The summed E-state index contributed by atoms with van der Waals surface area (Å²) in [5.74, 6) is 0.225. The van der Waals surface area contributed by atoms with Crippen molar-refractivity contribution in [1.29, 1.82) is 0 Å². The van der Waals surface area contributed by atoms with E-state index in [1.807, 2.05) is 62.5 Å². The second kappa shape index (κ2) is 9.03. The minimum absolute atomic E-state index is 0.0852. The number of nitrogens with two attached hydrogens (primary N) is 1. The van der Waals surface area contributed by atoms with Gasteiger partial charge in [-0.2, -0.15) is 5.10 Å². The number of H-pyrrole nitrogens is 1. The van der Waals surface area contributed by atoms with E-state index in [-0.39, 0.29) is 17.5 Å². The minimum atomic E-state index is -0.235. The van der Waals surface area contributed by atoms with Crippen molar-refractivity contribution in [2.75, 3.05) is 25.9 Å². The number of aromatic amines is 1. The first-order valence-corrected chi connectivity index (χ1v) is 11.8. The molecule has 0 spiro atoms. The smallest absolute Gasteiger partial charge is 0.288 e. The predicted octanol–water partition coefficient (Wildman–Crippen LogP) is 3.40. The molecule has 8 nitrogen and oxygen atoms in total. The molecule has 5 rings (SSSR count). The number of anilines is 1. The number of hydrogen-bond acceptors (Lipinski definition) is 5. The summed E-state index contributed by atoms with van der Waals surface area (Å²) in [6, 6.07) is 14.1. The molecule has 0 aliphatic carbocycles. The van der Waals surface area contributed by atoms with E-state index < -0.39 is 0 Å². The summed E-state index contributed by atoms with van der Waals surface area (Å²) in [5.41, 5.74) is 12.1. The molecule has 2 aromatic carbocycles. The van der Waals surface area contributed by atoms with E-state index in [0.29, 0.717) is 28.8 Å². The van der Waals surface area contributed by atoms with Crippen LogP contribution in [0.2, 0.25) is 0 Å². The predicted molar refractivity (Wildman–Crippen MR) is 138 cm³/mol. The molecular formula is C27H30N6O2. The highest BCUT2D eigenvalue weighted by Gasteiger charge is 2.26. The topological polar surface area (TPSA) is 109 Å². The van der Waals surface area contributed by atoms with Crippen LogP contribution in [0, 0.1) is 13.8 Å². The van der Waals surface area contributed by atoms with Crippen molar-refractivity contribution < 1.29 is 4.79 Å². The van der Waals surface area contributed by atoms with Crippen LogP contribution >= 0.6 is 0 Å². The van der Waals surface area contributed by atoms with Crippen LogP contribution in [0.4, 0.5) is 5.82 Å². The first kappa shape index (κ1) is 22.9. The maximum absolute atomic E-state index is 12.8. The Morgan fingerprint density at radius 1 is 1.20 bits per heavy atom. The van der Waals surface area contributed by atoms with Crippen molar-refractivity contribution in [3.63, 3.8) is 0 Å². The van der Waals surface area contributed by atoms with Crippen LogP contribution in [0.3, 0.4) is 0 Å². The van der Waals surface area contributed by atoms with Crippen LogP contribution in [-0.4, -0.2) is 45.7 Å². The average molecular weight is 471 g/mol. The molecule has 35 heavy (non-hydrogen) atoms. The van der Waals surface area contributed by atoms with Crippen molar-refractivity contribution >= 4 is 22.6 Å². The largest absolute Gasteiger partial charge is 0.382 e. The van der Waals surface area contributed by atoms with Crippen LogP contribution < -0.4 is 16.6 Å². The van der Waals surface area contributed by atoms with Gasteiger partial charge in [0.2, 0.25) is 0 Å². The number of carbonyl (C=O) groups excluding carboxylic acids is 1. The Morgan fingerprint density at radius 3 is 2.69 bits per heavy atom. The number of amides is 1. The van der Waals surface area contributed by atoms with Crippen LogP contribution in [0.25, 0.3) is 22.0 Å². The first-order valence-electron chi connectivity index (χ1n) is 11.8. The molecule has 0 radical (unpaired) electrons. The number of aryl methyl sites for hydroxylation is 2. The summed E-state index contributed by atoms with van der Waals surface area (Å²) in [7, 11) is 2.09. The van der Waals surface area contributed by atoms with E-state index in [0.717, 1.165) is 47.3 Å². The number of benzene rings is 2. The van der Waals surface area contributed by atoms with Gasteiger partial charge < -0.3 is 20.5 Å². The number of nitrogens with one attached hydrogen (secondary N) is 2. The van der Waals surface area contributed by atoms with Gasteiger partial charge in [-0.15, -0.1) is 0 Å². The summed E-state index contributed by atoms with van der Waals surface area (Å²) in [6.07, 6.45) is 3.00. The van der Waals surface area contributed by atoms with Crippen LogP contribution in [0.1, 0.15) is 39.5 Å². The van der Waals surface area contributed by atoms with Crippen molar-refractivity contribution in [2.24, 2.45) is 0 Å². The van der Waals surface area contributed by atoms with Crippen LogP contribution in [-0.2, 0) is 6.54 Å². The Bertz CT molecular complexity index is 1470. The molecule has 2 aromatic heterocycles. The standard InChI is InChI=1S/C27H30N6O2/c1-16-4-5-17(2)21(12-16)26(34)29-13-18-6-8-19(9-7-18)22-15-33(20-10-11-32(3)14-20)24-23(22)25(28)30-31-27(24)35/h4-9,12,15,20H,10-11,13-14H2,1-3H3,(H2,28,30)(H,29,34)(H,31,35)/t20-/m1/s1. The van der Waals surface area contributed by atoms with Gasteiger partial charge >= 0.3 is 0 Å². The molecule has 1 aliphatic rings. The van der Waals surface area contributed by atoms with Gasteiger partial charge in [0.25, 0.3) is 11.5 Å². The van der Waals surface area contributed by atoms with Gasteiger partial charge in [0, 0.05) is 36.5 Å². The van der Waals surface area contributed by atoms with Gasteiger partial charge in [0.15, 0.2) is 5.82 Å². The summed E-state index contributed by atoms with van der Waals surface area (Å²) in [4.78, 5) is 27.7. The second-order valence-electron chi connectivity index (χ2n) is 9.51. The lowest BCUT2D eigenvalue weighted by atomic mass is 10.0. The normalized spacial score (nSPS) is 16.1. The molecule has 1 aliphatic heterocycles. The molecule has 8 heteroatoms. The Hall–Kier alpha value is -3.91. The zero-order chi connectivity index (χ0) is 24.7. The van der Waals surface area contributed by atoms with Gasteiger partial charge in [-0.1, -0.05) is 42.0 Å². The Labute approximate surface area is 203 Å². The fraction of sp³-hybridized carbons (Fsp3) is 0.296. The van der Waals surface area contributed by atoms with E-state index in [2.05, 4.69) is 32.0 Å². The first-order chi connectivity index (χ1) is 16.8. The number of nitrogens with zero attached hydrogens (tertiary/aromatic N) is 3. The highest BCUT2D eigenvalue weighted by Crippen LogP contribution is 2.35. The van der Waals surface area contributed by atoms with E-state index in [4.69, 9.17) is 5.73 Å². The van der Waals surface area contributed by atoms with Crippen LogP contribution in [0.5, 0.6) is 0 Å². The Balaban J connectivity index is 1.42. The number of aromatic nitrogens is 3. The summed E-state index contributed by atoms with van der Waals surface area (Å²) in [5, 5.41) is 10.3. The number of hydrogen-bond donors (Lipinski definition) is 3. The lowest BCUT2D eigenvalue weighted by Crippen LogP contribution is -2.23. The lowest BCUT2D eigenvalue weighted by Gasteiger charge is -2.13. The number of rotatable bonds is 5. The van der Waals surface area contributed by atoms with Crippen molar-refractivity contribution in [3.8, 4) is 11.1 Å². The lowest BCUT2D eigenvalue weighted by molar-refractivity contribution is 0.0950. The third-order valence-electron chi connectivity index (χ3n) is 6.90. The average Bonchev–Trinajstić information content (AvgIpc) is 3.46. The third kappa shape index (κ3) is 4.33. The second-order valence-corrected chi connectivity index (χ2v) is 9.51. The summed E-state index contributed by atoms with van der Waals surface area (Å²) in [6.45, 7) is 6.21. The molecule has 1 atom stereocenters. The molecule has 1 saturated heterocycles. The monoisotopic (exact) mass is 470 g/mol. The van der Waals surface area contributed by atoms with E-state index in [1.165, 1.54) is 0 Å². The summed E-state index contributed by atoms with van der Waals surface area (Å²) >= 11 is 0. The molecule has 0 unspecified atom stereocenters. The molecule has 4 N–H and O–H groups in total. The van der Waals surface area contributed by atoms with Gasteiger partial charge in [0.05, 0.1) is 5.39 Å². The fourth-order valence-electron chi connectivity index (χ4n) is 4.94. The molecule has 0 bridgehead atoms. The molecule has 4 aromatic rings. The maximum Gasteiger partial charge on any atom is 0.288 e. The zero-order valence-corrected chi connectivity index (χ0v) is 20.3. The molecule has 1 fully saturated rings. The van der Waals surface area contributed by atoms with E-state index in [1.54, 1.807) is 0 Å². The number of likely N-dealkylation sites (tertiary alicyclic amines) is 1. The van der Waals surface area contributed by atoms with Gasteiger partial charge in [-0.25, -0.2) is 5.10 Å². The number of nitrogen functional groups attached to an aromatic ring is 1. The highest BCUT2D eigenvalue weighted by molar-refractivity contribution is 6.02. The minimum Gasteiger partial charge on any atom is -0.382 e. The van der Waals surface area contributed by atoms with E-state index in [9.17, 15) is 9.59 Å². The maximum atomic E-state index is 12.8. The quantitative estimate of drug-likeness (QED) is 0.414. The molecular weight excluding hydrogens is 440 g/mol. The molecule has 0 saturated carbocycles. The zero-order valence-electron chi connectivity index (χ0n) is 20.3. The highest BCUT2D eigenvalue weighted by atomic mass is 16.1. The SMILES string of the molecule is Cc1ccc(C)c(C(=O)NCc2ccc(-c3cn([C@@H]4CCN(C)C4)c4c(=O)[nH]nc(N)c34)cc2)c1. The van der Waals surface area contributed by atoms with Crippen molar-refractivity contribution in [2.45, 2.75) is 32.9 Å². The molecule has 180 valence electrons. The molecule has 3 heterocycles. The third-order valence-corrected chi connectivity index (χ3v) is 6.90. The van der Waals surface area contributed by atoms with Crippen LogP contribution in [0.15, 0.2) is 53.5 Å². The number of likely N-dealkylation sites (N-methyl/N-ethyl adjacent to an activating group) is 1. The molecule has 1 amide bonds. The summed E-state index contributed by atoms with van der Waals surface area (Å²) < 4.78 is 2.06. The number of fused-ring (bicyclic) bond motifs is 1. The van der Waals surface area contributed by atoms with Gasteiger partial charge in [-0.3, -0.25) is 9.59 Å². The van der Waals surface area contributed by atoms with Crippen molar-refractivity contribution in [3.05, 3.63) is 81.3 Å². The van der Waals surface area contributed by atoms with Gasteiger partial charge in [0.1, 0.15) is 5.52 Å².